The van der Waals surface area contributed by atoms with Crippen LogP contribution in [0.25, 0.3) is 0 Å². The Kier molecular flexibility index (Phi) is 3.85. The van der Waals surface area contributed by atoms with E-state index in [-0.39, 0.29) is 18.7 Å². The van der Waals surface area contributed by atoms with Crippen LogP contribution in [0.5, 0.6) is 0 Å². The van der Waals surface area contributed by atoms with Crippen LogP contribution in [0.15, 0.2) is 16.5 Å². The first-order valence-electron chi connectivity index (χ1n) is 6.70. The zero-order valence-electron chi connectivity index (χ0n) is 11.7. The highest BCUT2D eigenvalue weighted by Crippen LogP contribution is 2.39. The van der Waals surface area contributed by atoms with E-state index < -0.39 is 5.54 Å². The van der Waals surface area contributed by atoms with Gasteiger partial charge in [-0.05, 0) is 51.7 Å². The summed E-state index contributed by atoms with van der Waals surface area (Å²) in [6.07, 6.45) is 2.12. The fourth-order valence-electron chi connectivity index (χ4n) is 2.24. The summed E-state index contributed by atoms with van der Waals surface area (Å²) >= 11 is 0. The number of nitrogens with one attached hydrogen (secondary N) is 2. The number of aliphatic hydroxyl groups is 1. The second-order valence-corrected chi connectivity index (χ2v) is 5.62. The molecule has 106 valence electrons. The molecule has 0 bridgehead atoms. The lowest BCUT2D eigenvalue weighted by Gasteiger charge is -2.29. The van der Waals surface area contributed by atoms with Gasteiger partial charge in [-0.25, -0.2) is 4.79 Å². The molecule has 2 rings (SSSR count). The van der Waals surface area contributed by atoms with Gasteiger partial charge in [-0.15, -0.1) is 0 Å². The van der Waals surface area contributed by atoms with Crippen molar-refractivity contribution in [2.24, 2.45) is 5.92 Å². The normalized spacial score (nSPS) is 19.6. The van der Waals surface area contributed by atoms with Crippen molar-refractivity contribution in [3.05, 3.63) is 23.7 Å². The highest BCUT2D eigenvalue weighted by molar-refractivity contribution is 5.75. The highest BCUT2D eigenvalue weighted by Gasteiger charge is 2.42. The van der Waals surface area contributed by atoms with Crippen LogP contribution in [-0.4, -0.2) is 23.3 Å². The van der Waals surface area contributed by atoms with Crippen LogP contribution < -0.4 is 10.6 Å². The third kappa shape index (κ3) is 3.29. The van der Waals surface area contributed by atoms with Crippen molar-refractivity contribution in [3.8, 4) is 0 Å². The Balaban J connectivity index is 1.90. The fourth-order valence-corrected chi connectivity index (χ4v) is 2.24. The van der Waals surface area contributed by atoms with Gasteiger partial charge in [0.15, 0.2) is 0 Å². The van der Waals surface area contributed by atoms with Crippen LogP contribution in [0.4, 0.5) is 4.79 Å². The summed E-state index contributed by atoms with van der Waals surface area (Å²) in [5, 5.41) is 15.1. The second kappa shape index (κ2) is 5.25. The number of hydrogen-bond acceptors (Lipinski definition) is 3. The predicted molar refractivity (Wildman–Crippen MR) is 71.7 cm³/mol. The SMILES string of the molecule is Cc1ccc(C(C)NC(=O)NC(C)(CO)C2CC2)o1. The molecule has 0 spiro atoms. The molecule has 2 amide bonds. The van der Waals surface area contributed by atoms with Gasteiger partial charge in [0.25, 0.3) is 0 Å². The minimum absolute atomic E-state index is 0.0423. The lowest BCUT2D eigenvalue weighted by Crippen LogP contribution is -2.54. The third-order valence-electron chi connectivity index (χ3n) is 3.74. The first-order valence-corrected chi connectivity index (χ1v) is 6.70. The van der Waals surface area contributed by atoms with E-state index in [9.17, 15) is 9.90 Å². The Morgan fingerprint density at radius 3 is 2.74 bits per heavy atom. The number of aliphatic hydroxyl groups excluding tert-OH is 1. The highest BCUT2D eigenvalue weighted by atomic mass is 16.3. The molecule has 2 atom stereocenters. The molecular weight excluding hydrogens is 244 g/mol. The quantitative estimate of drug-likeness (QED) is 0.764. The van der Waals surface area contributed by atoms with E-state index in [0.29, 0.717) is 5.92 Å². The zero-order chi connectivity index (χ0) is 14.0. The van der Waals surface area contributed by atoms with Crippen molar-refractivity contribution in [3.63, 3.8) is 0 Å². The van der Waals surface area contributed by atoms with Crippen LogP contribution in [0.2, 0.25) is 0 Å². The van der Waals surface area contributed by atoms with E-state index in [1.54, 1.807) is 0 Å². The Hall–Kier alpha value is -1.49. The molecule has 5 nitrogen and oxygen atoms in total. The van der Waals surface area contributed by atoms with E-state index in [1.807, 2.05) is 32.9 Å². The van der Waals surface area contributed by atoms with Gasteiger partial charge in [0.05, 0.1) is 18.2 Å². The van der Waals surface area contributed by atoms with Gasteiger partial charge in [-0.3, -0.25) is 0 Å². The summed E-state index contributed by atoms with van der Waals surface area (Å²) in [4.78, 5) is 12.0. The largest absolute Gasteiger partial charge is 0.464 e. The van der Waals surface area contributed by atoms with Crippen LogP contribution in [-0.2, 0) is 0 Å². The summed E-state index contributed by atoms with van der Waals surface area (Å²) in [5.41, 5.74) is -0.525. The monoisotopic (exact) mass is 266 g/mol. The molecule has 0 aromatic carbocycles. The van der Waals surface area contributed by atoms with E-state index in [4.69, 9.17) is 4.42 Å². The Bertz CT molecular complexity index is 453. The summed E-state index contributed by atoms with van der Waals surface area (Å²) in [6, 6.07) is 3.25. The minimum Gasteiger partial charge on any atom is -0.464 e. The number of aryl methyl sites for hydroxylation is 1. The smallest absolute Gasteiger partial charge is 0.315 e. The van der Waals surface area contributed by atoms with Crippen LogP contribution >= 0.6 is 0 Å². The van der Waals surface area contributed by atoms with Gasteiger partial charge in [-0.1, -0.05) is 0 Å². The molecule has 1 fully saturated rings. The summed E-state index contributed by atoms with van der Waals surface area (Å²) < 4.78 is 5.47. The standard InChI is InChI=1S/C14H22N2O3/c1-9-4-7-12(19-9)10(2)15-13(18)16-14(3,8-17)11-5-6-11/h4,7,10-11,17H,5-6,8H2,1-3H3,(H2,15,16,18). The van der Waals surface area contributed by atoms with Gasteiger partial charge >= 0.3 is 6.03 Å². The second-order valence-electron chi connectivity index (χ2n) is 5.62. The average molecular weight is 266 g/mol. The van der Waals surface area contributed by atoms with Crippen LogP contribution in [0.3, 0.4) is 0 Å². The summed E-state index contributed by atoms with van der Waals surface area (Å²) in [6.45, 7) is 5.57. The van der Waals surface area contributed by atoms with Crippen molar-refractivity contribution in [1.29, 1.82) is 0 Å². The molecule has 1 saturated carbocycles. The van der Waals surface area contributed by atoms with Crippen molar-refractivity contribution in [2.75, 3.05) is 6.61 Å². The Morgan fingerprint density at radius 2 is 2.26 bits per heavy atom. The number of rotatable bonds is 5. The van der Waals surface area contributed by atoms with E-state index >= 15 is 0 Å². The average Bonchev–Trinajstić information content (AvgIpc) is 3.12. The molecule has 3 N–H and O–H groups in total. The van der Waals surface area contributed by atoms with Gasteiger partial charge in [0.1, 0.15) is 11.5 Å². The molecule has 1 aromatic heterocycles. The number of hydrogen-bond donors (Lipinski definition) is 3. The van der Waals surface area contributed by atoms with Gasteiger partial charge < -0.3 is 20.2 Å². The molecule has 1 heterocycles. The predicted octanol–water partition coefficient (Wildman–Crippen LogP) is 2.11. The number of furan rings is 1. The molecule has 0 radical (unpaired) electrons. The molecule has 5 heteroatoms. The number of amides is 2. The first kappa shape index (κ1) is 13.9. The Morgan fingerprint density at radius 1 is 1.58 bits per heavy atom. The molecule has 1 aliphatic carbocycles. The fraction of sp³-hybridized carbons (Fsp3) is 0.643. The van der Waals surface area contributed by atoms with Gasteiger partial charge in [0.2, 0.25) is 0 Å². The lowest BCUT2D eigenvalue weighted by atomic mass is 9.97. The van der Waals surface area contributed by atoms with E-state index in [0.717, 1.165) is 24.4 Å². The number of urea groups is 1. The molecular formula is C14H22N2O3. The van der Waals surface area contributed by atoms with Gasteiger partial charge in [0, 0.05) is 0 Å². The maximum atomic E-state index is 12.0. The Labute approximate surface area is 113 Å². The van der Waals surface area contributed by atoms with Gasteiger partial charge in [-0.2, -0.15) is 0 Å². The van der Waals surface area contributed by atoms with Crippen molar-refractivity contribution in [2.45, 2.75) is 45.2 Å². The van der Waals surface area contributed by atoms with E-state index in [1.165, 1.54) is 0 Å². The summed E-state index contributed by atoms with van der Waals surface area (Å²) in [5.74, 6) is 1.93. The van der Waals surface area contributed by atoms with Crippen LogP contribution in [0, 0.1) is 12.8 Å². The lowest BCUT2D eigenvalue weighted by molar-refractivity contribution is 0.154. The maximum absolute atomic E-state index is 12.0. The third-order valence-corrected chi connectivity index (χ3v) is 3.74. The molecule has 0 saturated heterocycles. The molecule has 0 aliphatic heterocycles. The molecule has 1 aliphatic rings. The molecule has 19 heavy (non-hydrogen) atoms. The first-order chi connectivity index (χ1) is 8.94. The molecule has 2 unspecified atom stereocenters. The maximum Gasteiger partial charge on any atom is 0.315 e. The van der Waals surface area contributed by atoms with Crippen molar-refractivity contribution in [1.82, 2.24) is 10.6 Å². The number of carbonyl (C=O) groups is 1. The molecule has 1 aromatic rings. The minimum atomic E-state index is -0.525. The van der Waals surface area contributed by atoms with Crippen molar-refractivity contribution < 1.29 is 14.3 Å². The van der Waals surface area contributed by atoms with Crippen molar-refractivity contribution >= 4 is 6.03 Å². The topological polar surface area (TPSA) is 74.5 Å². The summed E-state index contributed by atoms with van der Waals surface area (Å²) in [7, 11) is 0. The van der Waals surface area contributed by atoms with E-state index in [2.05, 4.69) is 10.6 Å². The van der Waals surface area contributed by atoms with Crippen LogP contribution in [0.1, 0.15) is 44.3 Å². The zero-order valence-corrected chi connectivity index (χ0v) is 11.7. The number of carbonyl (C=O) groups excluding carboxylic acids is 1.